The Kier molecular flexibility index (Phi) is 4.83. The first-order valence-corrected chi connectivity index (χ1v) is 9.09. The number of anilines is 1. The number of hydrogen-bond donors (Lipinski definition) is 1. The third-order valence-electron chi connectivity index (χ3n) is 3.97. The fourth-order valence-corrected chi connectivity index (χ4v) is 3.78. The van der Waals surface area contributed by atoms with Gasteiger partial charge in [-0.05, 0) is 17.7 Å². The predicted molar refractivity (Wildman–Crippen MR) is 94.9 cm³/mol. The summed E-state index contributed by atoms with van der Waals surface area (Å²) in [5, 5.41) is 3.60. The smallest absolute Gasteiger partial charge is 0.224 e. The van der Waals surface area contributed by atoms with Gasteiger partial charge in [-0.25, -0.2) is 4.98 Å². The number of morpholine rings is 1. The van der Waals surface area contributed by atoms with Gasteiger partial charge < -0.3 is 14.4 Å². The highest BCUT2D eigenvalue weighted by Crippen LogP contribution is 2.32. The second-order valence-corrected chi connectivity index (χ2v) is 7.05. The molecule has 24 heavy (non-hydrogen) atoms. The Morgan fingerprint density at radius 2 is 2.12 bits per heavy atom. The molecule has 2 fully saturated rings. The Bertz CT molecular complexity index is 790. The third kappa shape index (κ3) is 3.48. The van der Waals surface area contributed by atoms with Gasteiger partial charge in [0.15, 0.2) is 5.82 Å². The second kappa shape index (κ2) is 7.21. The highest BCUT2D eigenvalue weighted by molar-refractivity contribution is 7.20. The largest absolute Gasteiger partial charge is 0.378 e. The van der Waals surface area contributed by atoms with Gasteiger partial charge in [0, 0.05) is 13.1 Å². The average molecular weight is 365 g/mol. The van der Waals surface area contributed by atoms with Crippen molar-refractivity contribution in [3.8, 4) is 11.8 Å². The van der Waals surface area contributed by atoms with E-state index in [1.807, 2.05) is 6.07 Å². The van der Waals surface area contributed by atoms with Gasteiger partial charge in [0.05, 0.1) is 54.1 Å². The number of aromatic nitrogens is 2. The van der Waals surface area contributed by atoms with Crippen molar-refractivity contribution in [2.45, 2.75) is 6.04 Å². The van der Waals surface area contributed by atoms with Crippen LogP contribution in [0.15, 0.2) is 6.07 Å². The number of ether oxygens (including phenoxy) is 2. The van der Waals surface area contributed by atoms with E-state index in [-0.39, 0.29) is 5.28 Å². The van der Waals surface area contributed by atoms with Crippen molar-refractivity contribution in [3.63, 3.8) is 0 Å². The minimum absolute atomic E-state index is 0.271. The molecular weight excluding hydrogens is 348 g/mol. The summed E-state index contributed by atoms with van der Waals surface area (Å²) in [5.41, 5.74) is 0.853. The Hall–Kier alpha value is -1.43. The first-order chi connectivity index (χ1) is 11.8. The van der Waals surface area contributed by atoms with Gasteiger partial charge in [0.25, 0.3) is 0 Å². The molecule has 0 spiro atoms. The van der Waals surface area contributed by atoms with Gasteiger partial charge in [-0.15, -0.1) is 11.3 Å². The van der Waals surface area contributed by atoms with Crippen molar-refractivity contribution in [1.82, 2.24) is 15.3 Å². The Morgan fingerprint density at radius 1 is 1.29 bits per heavy atom. The van der Waals surface area contributed by atoms with Crippen molar-refractivity contribution >= 4 is 39.0 Å². The zero-order valence-corrected chi connectivity index (χ0v) is 14.6. The summed E-state index contributed by atoms with van der Waals surface area (Å²) in [7, 11) is 0. The molecule has 2 aromatic rings. The quantitative estimate of drug-likeness (QED) is 0.658. The van der Waals surface area contributed by atoms with Gasteiger partial charge >= 0.3 is 0 Å². The molecule has 0 amide bonds. The second-order valence-electron chi connectivity index (χ2n) is 5.66. The Morgan fingerprint density at radius 3 is 2.88 bits per heavy atom. The SMILES string of the molecule is Clc1nc(N2CCOCC2)c2sc(C#CCNC3COC3)cc2n1. The van der Waals surface area contributed by atoms with Crippen LogP contribution in [0, 0.1) is 11.8 Å². The molecule has 6 nitrogen and oxygen atoms in total. The molecule has 0 atom stereocenters. The van der Waals surface area contributed by atoms with Crippen LogP contribution in [0.4, 0.5) is 5.82 Å². The van der Waals surface area contributed by atoms with Crippen LogP contribution in [0.1, 0.15) is 4.88 Å². The van der Waals surface area contributed by atoms with Gasteiger partial charge in [0.2, 0.25) is 5.28 Å². The summed E-state index contributed by atoms with van der Waals surface area (Å²) in [6, 6.07) is 2.43. The number of rotatable bonds is 3. The number of nitrogens with one attached hydrogen (secondary N) is 1. The van der Waals surface area contributed by atoms with Crippen LogP contribution in [0.25, 0.3) is 10.2 Å². The molecular formula is C16H17ClN4O2S. The lowest BCUT2D eigenvalue weighted by atomic mass is 10.2. The van der Waals surface area contributed by atoms with E-state index in [1.165, 1.54) is 0 Å². The molecule has 0 radical (unpaired) electrons. The van der Waals surface area contributed by atoms with Crippen LogP contribution in [0.3, 0.4) is 0 Å². The molecule has 4 heterocycles. The number of nitrogens with zero attached hydrogens (tertiary/aromatic N) is 3. The number of fused-ring (bicyclic) bond motifs is 1. The van der Waals surface area contributed by atoms with E-state index >= 15 is 0 Å². The lowest BCUT2D eigenvalue weighted by Crippen LogP contribution is -2.45. The normalized spacial score (nSPS) is 18.3. The first-order valence-electron chi connectivity index (χ1n) is 7.89. The van der Waals surface area contributed by atoms with Crippen molar-refractivity contribution in [3.05, 3.63) is 16.2 Å². The van der Waals surface area contributed by atoms with E-state index in [0.29, 0.717) is 25.8 Å². The van der Waals surface area contributed by atoms with Crippen LogP contribution >= 0.6 is 22.9 Å². The summed E-state index contributed by atoms with van der Waals surface area (Å²) < 4.78 is 11.6. The number of thiophene rings is 1. The summed E-state index contributed by atoms with van der Waals surface area (Å²) in [6.07, 6.45) is 0. The maximum absolute atomic E-state index is 6.10. The van der Waals surface area contributed by atoms with Crippen LogP contribution < -0.4 is 10.2 Å². The summed E-state index contributed by atoms with van der Waals surface area (Å²) in [5.74, 6) is 7.24. The number of halogens is 1. The molecule has 126 valence electrons. The van der Waals surface area contributed by atoms with E-state index in [9.17, 15) is 0 Å². The van der Waals surface area contributed by atoms with E-state index in [1.54, 1.807) is 11.3 Å². The van der Waals surface area contributed by atoms with Crippen LogP contribution in [0.5, 0.6) is 0 Å². The maximum Gasteiger partial charge on any atom is 0.224 e. The average Bonchev–Trinajstić information content (AvgIpc) is 2.95. The maximum atomic E-state index is 6.10. The predicted octanol–water partition coefficient (Wildman–Crippen LogP) is 1.52. The zero-order chi connectivity index (χ0) is 16.4. The number of hydrogen-bond acceptors (Lipinski definition) is 7. The van der Waals surface area contributed by atoms with E-state index in [4.69, 9.17) is 21.1 Å². The minimum Gasteiger partial charge on any atom is -0.378 e. The Balaban J connectivity index is 1.56. The summed E-state index contributed by atoms with van der Waals surface area (Å²) in [6.45, 7) is 5.26. The molecule has 8 heteroatoms. The first kappa shape index (κ1) is 16.1. The van der Waals surface area contributed by atoms with Crippen LogP contribution in [-0.2, 0) is 9.47 Å². The molecule has 2 aromatic heterocycles. The topological polar surface area (TPSA) is 59.5 Å². The van der Waals surface area contributed by atoms with Crippen LogP contribution in [-0.4, -0.2) is 62.1 Å². The van der Waals surface area contributed by atoms with E-state index < -0.39 is 0 Å². The molecule has 0 saturated carbocycles. The lowest BCUT2D eigenvalue weighted by Gasteiger charge is -2.28. The molecule has 0 unspecified atom stereocenters. The molecule has 0 aromatic carbocycles. The standard InChI is InChI=1S/C16H17ClN4O2S/c17-16-19-13-8-12(2-1-3-18-11-9-23-10-11)24-14(13)15(20-16)21-4-6-22-7-5-21/h8,11,18H,3-7,9-10H2. The van der Waals surface area contributed by atoms with Crippen molar-refractivity contribution in [1.29, 1.82) is 0 Å². The van der Waals surface area contributed by atoms with Gasteiger partial charge in [-0.2, -0.15) is 4.98 Å². The van der Waals surface area contributed by atoms with Gasteiger partial charge in [0.1, 0.15) is 0 Å². The van der Waals surface area contributed by atoms with Crippen molar-refractivity contribution in [2.75, 3.05) is 51.0 Å². The summed E-state index contributed by atoms with van der Waals surface area (Å²) in [4.78, 5) is 11.9. The monoisotopic (exact) mass is 364 g/mol. The molecule has 4 rings (SSSR count). The highest BCUT2D eigenvalue weighted by Gasteiger charge is 2.19. The van der Waals surface area contributed by atoms with Crippen molar-refractivity contribution < 1.29 is 9.47 Å². The fraction of sp³-hybridized carbons (Fsp3) is 0.500. The van der Waals surface area contributed by atoms with Gasteiger partial charge in [-0.3, -0.25) is 5.32 Å². The third-order valence-corrected chi connectivity index (χ3v) is 5.17. The molecule has 0 aliphatic carbocycles. The molecule has 2 saturated heterocycles. The summed E-state index contributed by atoms with van der Waals surface area (Å²) >= 11 is 7.72. The minimum atomic E-state index is 0.271. The highest BCUT2D eigenvalue weighted by atomic mass is 35.5. The van der Waals surface area contributed by atoms with Crippen LogP contribution in [0.2, 0.25) is 5.28 Å². The lowest BCUT2D eigenvalue weighted by molar-refractivity contribution is -0.00322. The Labute approximate surface area is 149 Å². The van der Waals surface area contributed by atoms with Gasteiger partial charge in [-0.1, -0.05) is 11.8 Å². The zero-order valence-electron chi connectivity index (χ0n) is 13.0. The molecule has 0 bridgehead atoms. The molecule has 2 aliphatic rings. The van der Waals surface area contributed by atoms with E-state index in [0.717, 1.165) is 47.2 Å². The fourth-order valence-electron chi connectivity index (χ4n) is 2.62. The molecule has 2 aliphatic heterocycles. The van der Waals surface area contributed by atoms with E-state index in [2.05, 4.69) is 32.0 Å². The van der Waals surface area contributed by atoms with Crippen molar-refractivity contribution in [2.24, 2.45) is 0 Å². The molecule has 1 N–H and O–H groups in total.